The van der Waals surface area contributed by atoms with Crippen molar-refractivity contribution in [2.24, 2.45) is 11.3 Å². The van der Waals surface area contributed by atoms with Crippen LogP contribution in [0.1, 0.15) is 44.8 Å². The number of hydrogen-bond acceptors (Lipinski definition) is 3. The summed E-state index contributed by atoms with van der Waals surface area (Å²) in [6.07, 6.45) is 2.48. The van der Waals surface area contributed by atoms with E-state index >= 15 is 0 Å². The van der Waals surface area contributed by atoms with Crippen molar-refractivity contribution in [3.8, 4) is 6.07 Å². The maximum Gasteiger partial charge on any atom is 0.0819 e. The first-order chi connectivity index (χ1) is 10.4. The Hall–Kier alpha value is -1.08. The zero-order valence-corrected chi connectivity index (χ0v) is 14.2. The maximum atomic E-state index is 10.5. The zero-order valence-electron chi connectivity index (χ0n) is 13.4. The van der Waals surface area contributed by atoms with Crippen molar-refractivity contribution < 1.29 is 5.11 Å². The van der Waals surface area contributed by atoms with E-state index in [0.717, 1.165) is 44.5 Å². The minimum Gasteiger partial charge on any atom is -0.388 e. The number of nitrogens with zero attached hydrogens (tertiary/aromatic N) is 2. The normalized spacial score (nSPS) is 18.9. The number of piperidine rings is 1. The van der Waals surface area contributed by atoms with E-state index in [1.807, 2.05) is 38.1 Å². The molecule has 3 nitrogen and oxygen atoms in total. The van der Waals surface area contributed by atoms with Crippen LogP contribution in [0.2, 0.25) is 5.02 Å². The summed E-state index contributed by atoms with van der Waals surface area (Å²) in [5.41, 5.74) is 0.702. The molecule has 1 aromatic carbocycles. The van der Waals surface area contributed by atoms with Crippen LogP contribution in [0.15, 0.2) is 24.3 Å². The molecule has 4 heteroatoms. The molecule has 120 valence electrons. The van der Waals surface area contributed by atoms with Crippen molar-refractivity contribution in [1.29, 1.82) is 5.26 Å². The summed E-state index contributed by atoms with van der Waals surface area (Å²) in [5.74, 6) is 0.307. The molecule has 1 fully saturated rings. The van der Waals surface area contributed by atoms with Crippen molar-refractivity contribution in [2.45, 2.75) is 39.2 Å². The van der Waals surface area contributed by atoms with Gasteiger partial charge < -0.3 is 10.0 Å². The van der Waals surface area contributed by atoms with Crippen LogP contribution in [-0.2, 0) is 0 Å². The summed E-state index contributed by atoms with van der Waals surface area (Å²) in [5, 5.41) is 20.3. The molecule has 1 saturated heterocycles. The van der Waals surface area contributed by atoms with Crippen LogP contribution in [0.4, 0.5) is 0 Å². The van der Waals surface area contributed by atoms with Gasteiger partial charge in [0, 0.05) is 5.02 Å². The Labute approximate surface area is 138 Å². The lowest BCUT2D eigenvalue weighted by Gasteiger charge is -2.35. The highest BCUT2D eigenvalue weighted by Gasteiger charge is 2.27. The van der Waals surface area contributed by atoms with E-state index in [4.69, 9.17) is 16.9 Å². The van der Waals surface area contributed by atoms with Crippen molar-refractivity contribution in [2.75, 3.05) is 19.6 Å². The van der Waals surface area contributed by atoms with Gasteiger partial charge >= 0.3 is 0 Å². The molecule has 1 unspecified atom stereocenters. The number of nitriles is 1. The first-order valence-corrected chi connectivity index (χ1v) is 8.36. The monoisotopic (exact) mass is 320 g/mol. The number of hydrogen-bond donors (Lipinski definition) is 1. The molecule has 1 aliphatic heterocycles. The number of halogens is 1. The van der Waals surface area contributed by atoms with Crippen LogP contribution in [0.25, 0.3) is 0 Å². The van der Waals surface area contributed by atoms with Gasteiger partial charge in [0.05, 0.1) is 17.6 Å². The largest absolute Gasteiger partial charge is 0.388 e. The van der Waals surface area contributed by atoms with Gasteiger partial charge in [0.25, 0.3) is 0 Å². The Morgan fingerprint density at radius 1 is 1.32 bits per heavy atom. The summed E-state index contributed by atoms with van der Waals surface area (Å²) in [4.78, 5) is 2.41. The van der Waals surface area contributed by atoms with Gasteiger partial charge in [-0.15, -0.1) is 0 Å². The Balaban J connectivity index is 1.82. The van der Waals surface area contributed by atoms with Gasteiger partial charge in [0.15, 0.2) is 0 Å². The molecule has 0 aliphatic carbocycles. The van der Waals surface area contributed by atoms with E-state index in [9.17, 15) is 5.11 Å². The third-order valence-electron chi connectivity index (χ3n) is 4.65. The van der Waals surface area contributed by atoms with Gasteiger partial charge in [-0.2, -0.15) is 5.26 Å². The van der Waals surface area contributed by atoms with Crippen molar-refractivity contribution >= 4 is 11.6 Å². The van der Waals surface area contributed by atoms with Gasteiger partial charge in [-0.25, -0.2) is 0 Å². The van der Waals surface area contributed by atoms with Crippen molar-refractivity contribution in [3.63, 3.8) is 0 Å². The van der Waals surface area contributed by atoms with Crippen LogP contribution in [0.5, 0.6) is 0 Å². The Morgan fingerprint density at radius 3 is 2.45 bits per heavy atom. The summed E-state index contributed by atoms with van der Waals surface area (Å²) >= 11 is 5.89. The predicted molar refractivity (Wildman–Crippen MR) is 89.6 cm³/mol. The fraction of sp³-hybridized carbons (Fsp3) is 0.611. The number of likely N-dealkylation sites (tertiary alicyclic amines) is 1. The number of benzene rings is 1. The first kappa shape index (κ1) is 17.3. The van der Waals surface area contributed by atoms with E-state index in [0.29, 0.717) is 10.9 Å². The van der Waals surface area contributed by atoms with E-state index < -0.39 is 6.10 Å². The highest BCUT2D eigenvalue weighted by atomic mass is 35.5. The smallest absolute Gasteiger partial charge is 0.0819 e. The summed E-state index contributed by atoms with van der Waals surface area (Å²) < 4.78 is 0. The van der Waals surface area contributed by atoms with Gasteiger partial charge in [-0.3, -0.25) is 0 Å². The molecule has 0 spiro atoms. The standard InChI is InChI=1S/C18H25ClN2O/c1-18(2,13-20)9-12-21-10-7-15(8-11-21)17(22)14-3-5-16(19)6-4-14/h3-6,15,17,22H,7-12H2,1-2H3. The summed E-state index contributed by atoms with van der Waals surface area (Å²) in [6, 6.07) is 9.84. The molecule has 1 heterocycles. The molecule has 1 atom stereocenters. The average molecular weight is 321 g/mol. The summed E-state index contributed by atoms with van der Waals surface area (Å²) in [6.45, 7) is 6.94. The van der Waals surface area contributed by atoms with Gasteiger partial charge in [-0.1, -0.05) is 23.7 Å². The molecule has 1 aromatic rings. The minimum absolute atomic E-state index is 0.250. The van der Waals surface area contributed by atoms with Gasteiger partial charge in [0.2, 0.25) is 0 Å². The van der Waals surface area contributed by atoms with Crippen LogP contribution in [-0.4, -0.2) is 29.6 Å². The third kappa shape index (κ3) is 4.71. The fourth-order valence-corrected chi connectivity index (χ4v) is 3.04. The summed E-state index contributed by atoms with van der Waals surface area (Å²) in [7, 11) is 0. The second kappa shape index (κ2) is 7.46. The number of aliphatic hydroxyl groups is 1. The molecule has 1 aliphatic rings. The van der Waals surface area contributed by atoms with E-state index in [-0.39, 0.29) is 5.41 Å². The van der Waals surface area contributed by atoms with E-state index in [1.54, 1.807) is 0 Å². The maximum absolute atomic E-state index is 10.5. The van der Waals surface area contributed by atoms with E-state index in [2.05, 4.69) is 11.0 Å². The zero-order chi connectivity index (χ0) is 16.2. The topological polar surface area (TPSA) is 47.3 Å². The molecule has 1 N–H and O–H groups in total. The molecule has 2 rings (SSSR count). The lowest BCUT2D eigenvalue weighted by Crippen LogP contribution is -2.37. The number of rotatable bonds is 5. The quantitative estimate of drug-likeness (QED) is 0.891. The highest BCUT2D eigenvalue weighted by Crippen LogP contribution is 2.31. The predicted octanol–water partition coefficient (Wildman–Crippen LogP) is 4.03. The van der Waals surface area contributed by atoms with Crippen molar-refractivity contribution in [3.05, 3.63) is 34.9 Å². The fourth-order valence-electron chi connectivity index (χ4n) is 2.92. The first-order valence-electron chi connectivity index (χ1n) is 7.98. The van der Waals surface area contributed by atoms with Crippen LogP contribution >= 0.6 is 11.6 Å². The lowest BCUT2D eigenvalue weighted by atomic mass is 9.86. The molecule has 0 bridgehead atoms. The molecule has 0 radical (unpaired) electrons. The molecule has 0 amide bonds. The molecule has 22 heavy (non-hydrogen) atoms. The molecule has 0 aromatic heterocycles. The van der Waals surface area contributed by atoms with Gasteiger partial charge in [0.1, 0.15) is 0 Å². The number of aliphatic hydroxyl groups excluding tert-OH is 1. The SMILES string of the molecule is CC(C)(C#N)CCN1CCC(C(O)c2ccc(Cl)cc2)CC1. The molecular weight excluding hydrogens is 296 g/mol. The minimum atomic E-state index is -0.407. The lowest BCUT2D eigenvalue weighted by molar-refractivity contribution is 0.0567. The third-order valence-corrected chi connectivity index (χ3v) is 4.90. The average Bonchev–Trinajstić information content (AvgIpc) is 2.54. The molecule has 0 saturated carbocycles. The second-order valence-electron chi connectivity index (χ2n) is 6.92. The molecular formula is C18H25ClN2O. The Bertz CT molecular complexity index is 513. The Kier molecular flexibility index (Phi) is 5.86. The highest BCUT2D eigenvalue weighted by molar-refractivity contribution is 6.30. The Morgan fingerprint density at radius 2 is 1.91 bits per heavy atom. The second-order valence-corrected chi connectivity index (χ2v) is 7.36. The van der Waals surface area contributed by atoms with Crippen LogP contribution in [0, 0.1) is 22.7 Å². The van der Waals surface area contributed by atoms with E-state index in [1.165, 1.54) is 0 Å². The van der Waals surface area contributed by atoms with Crippen LogP contribution < -0.4 is 0 Å². The van der Waals surface area contributed by atoms with Gasteiger partial charge in [-0.05, 0) is 76.4 Å². The van der Waals surface area contributed by atoms with Crippen molar-refractivity contribution in [1.82, 2.24) is 4.90 Å². The van der Waals surface area contributed by atoms with Crippen LogP contribution in [0.3, 0.4) is 0 Å².